The second-order valence-electron chi connectivity index (χ2n) is 6.18. The van der Waals surface area contributed by atoms with Crippen molar-refractivity contribution in [3.05, 3.63) is 95.5 Å². The number of nitrogens with one attached hydrogen (secondary N) is 1. The average molecular weight is 422 g/mol. The van der Waals surface area contributed by atoms with Crippen molar-refractivity contribution in [2.24, 2.45) is 0 Å². The van der Waals surface area contributed by atoms with Gasteiger partial charge in [-0.2, -0.15) is 5.26 Å². The molecule has 3 aromatic rings. The first-order chi connectivity index (χ1) is 14.5. The number of sulfonamides is 1. The fraction of sp³-hybridized carbons (Fsp3) is 0.0909. The van der Waals surface area contributed by atoms with Gasteiger partial charge >= 0.3 is 5.97 Å². The van der Waals surface area contributed by atoms with E-state index >= 15 is 0 Å². The molecule has 1 aromatic heterocycles. The Labute approximate surface area is 174 Å². The molecule has 0 aliphatic heterocycles. The minimum Gasteiger partial charge on any atom is -0.468 e. The van der Waals surface area contributed by atoms with Crippen molar-refractivity contribution in [3.63, 3.8) is 0 Å². The van der Waals surface area contributed by atoms with Gasteiger partial charge in [-0.3, -0.25) is 0 Å². The van der Waals surface area contributed by atoms with E-state index in [0.717, 1.165) is 0 Å². The number of benzene rings is 2. The van der Waals surface area contributed by atoms with Crippen LogP contribution in [0.15, 0.2) is 82.3 Å². The molecule has 2 aromatic carbocycles. The topological polar surface area (TPSA) is 109 Å². The van der Waals surface area contributed by atoms with Crippen LogP contribution in [-0.2, 0) is 32.7 Å². The first-order valence-electron chi connectivity index (χ1n) is 8.93. The van der Waals surface area contributed by atoms with Crippen LogP contribution in [0.5, 0.6) is 0 Å². The minimum atomic E-state index is -3.68. The maximum atomic E-state index is 12.3. The molecule has 1 heterocycles. The molecule has 0 radical (unpaired) electrons. The van der Waals surface area contributed by atoms with Gasteiger partial charge in [-0.25, -0.2) is 17.9 Å². The number of hydrogen-bond donors (Lipinski definition) is 1. The fourth-order valence-electron chi connectivity index (χ4n) is 2.54. The number of esters is 1. The number of furan rings is 1. The number of nitriles is 1. The Hall–Kier alpha value is -3.67. The van der Waals surface area contributed by atoms with Crippen LogP contribution in [0.4, 0.5) is 0 Å². The third-order valence-electron chi connectivity index (χ3n) is 4.13. The molecule has 1 N–H and O–H groups in total. The largest absolute Gasteiger partial charge is 0.468 e. The van der Waals surface area contributed by atoms with E-state index in [-0.39, 0.29) is 18.0 Å². The Balaban J connectivity index is 1.56. The smallest absolute Gasteiger partial charge is 0.331 e. The second-order valence-corrected chi connectivity index (χ2v) is 7.95. The molecule has 0 unspecified atom stereocenters. The molecule has 0 saturated carbocycles. The summed E-state index contributed by atoms with van der Waals surface area (Å²) in [6.07, 6.45) is 4.23. The van der Waals surface area contributed by atoms with Gasteiger partial charge in [-0.05, 0) is 42.0 Å². The van der Waals surface area contributed by atoms with E-state index < -0.39 is 16.0 Å². The Bertz CT molecular complexity index is 1180. The van der Waals surface area contributed by atoms with Crippen molar-refractivity contribution in [3.8, 4) is 6.07 Å². The molecular weight excluding hydrogens is 404 g/mol. The molecular formula is C22H18N2O5S. The quantitative estimate of drug-likeness (QED) is 0.440. The summed E-state index contributed by atoms with van der Waals surface area (Å²) in [5.41, 5.74) is 1.71. The van der Waals surface area contributed by atoms with E-state index in [1.165, 1.54) is 30.5 Å². The Morgan fingerprint density at radius 1 is 1.10 bits per heavy atom. The van der Waals surface area contributed by atoms with Gasteiger partial charge < -0.3 is 9.15 Å². The molecule has 0 atom stereocenters. The van der Waals surface area contributed by atoms with E-state index in [2.05, 4.69) is 4.72 Å². The highest BCUT2D eigenvalue weighted by molar-refractivity contribution is 7.89. The van der Waals surface area contributed by atoms with Gasteiger partial charge in [0.1, 0.15) is 12.4 Å². The van der Waals surface area contributed by atoms with Crippen LogP contribution in [-0.4, -0.2) is 14.4 Å². The fourth-order valence-corrected chi connectivity index (χ4v) is 3.53. The third-order valence-corrected chi connectivity index (χ3v) is 5.54. The van der Waals surface area contributed by atoms with Crippen LogP contribution in [0.1, 0.15) is 22.5 Å². The molecule has 152 valence electrons. The lowest BCUT2D eigenvalue weighted by Gasteiger charge is -2.06. The van der Waals surface area contributed by atoms with Crippen molar-refractivity contribution in [1.29, 1.82) is 5.26 Å². The predicted octanol–water partition coefficient (Wildman–Crippen LogP) is 3.39. The van der Waals surface area contributed by atoms with Gasteiger partial charge in [0.25, 0.3) is 0 Å². The third kappa shape index (κ3) is 5.67. The molecule has 0 bridgehead atoms. The summed E-state index contributed by atoms with van der Waals surface area (Å²) >= 11 is 0. The monoisotopic (exact) mass is 422 g/mol. The molecule has 30 heavy (non-hydrogen) atoms. The van der Waals surface area contributed by atoms with Gasteiger partial charge in [0.05, 0.1) is 29.3 Å². The molecule has 8 heteroatoms. The molecule has 0 spiro atoms. The zero-order chi connectivity index (χ0) is 21.4. The molecule has 0 fully saturated rings. The van der Waals surface area contributed by atoms with Gasteiger partial charge in [0, 0.05) is 11.6 Å². The van der Waals surface area contributed by atoms with E-state index in [1.54, 1.807) is 48.5 Å². The molecule has 0 saturated heterocycles. The van der Waals surface area contributed by atoms with Gasteiger partial charge in [-0.1, -0.05) is 30.3 Å². The molecule has 0 aliphatic carbocycles. The highest BCUT2D eigenvalue weighted by atomic mass is 32.2. The van der Waals surface area contributed by atoms with Crippen LogP contribution < -0.4 is 4.72 Å². The zero-order valence-electron chi connectivity index (χ0n) is 15.8. The summed E-state index contributed by atoms with van der Waals surface area (Å²) in [6.45, 7) is 0.0448. The highest BCUT2D eigenvalue weighted by Gasteiger charge is 2.14. The lowest BCUT2D eigenvalue weighted by molar-refractivity contribution is -0.138. The molecule has 7 nitrogen and oxygen atoms in total. The van der Waals surface area contributed by atoms with Crippen LogP contribution in [0, 0.1) is 11.3 Å². The van der Waals surface area contributed by atoms with Gasteiger partial charge in [0.2, 0.25) is 10.0 Å². The van der Waals surface area contributed by atoms with Crippen molar-refractivity contribution < 1.29 is 22.4 Å². The first kappa shape index (κ1) is 21.0. The number of carbonyl (C=O) groups excluding carboxylic acids is 1. The van der Waals surface area contributed by atoms with Gasteiger partial charge in [0.15, 0.2) is 0 Å². The lowest BCUT2D eigenvalue weighted by atomic mass is 10.1. The first-order valence-corrected chi connectivity index (χ1v) is 10.4. The average Bonchev–Trinajstić information content (AvgIpc) is 3.29. The Morgan fingerprint density at radius 3 is 2.57 bits per heavy atom. The number of carbonyl (C=O) groups is 1. The summed E-state index contributed by atoms with van der Waals surface area (Å²) in [5, 5.41) is 9.04. The van der Waals surface area contributed by atoms with Crippen molar-refractivity contribution in [2.45, 2.75) is 18.0 Å². The summed E-state index contributed by atoms with van der Waals surface area (Å²) in [5.74, 6) is -0.0615. The van der Waals surface area contributed by atoms with Crippen LogP contribution >= 0.6 is 0 Å². The predicted molar refractivity (Wildman–Crippen MR) is 109 cm³/mol. The Morgan fingerprint density at radius 2 is 1.87 bits per heavy atom. The number of ether oxygens (including phenoxy) is 1. The number of rotatable bonds is 8. The number of hydrogen-bond acceptors (Lipinski definition) is 6. The van der Waals surface area contributed by atoms with Crippen molar-refractivity contribution >= 4 is 22.1 Å². The van der Waals surface area contributed by atoms with E-state index in [1.807, 2.05) is 6.07 Å². The summed E-state index contributed by atoms with van der Waals surface area (Å²) in [4.78, 5) is 12.0. The van der Waals surface area contributed by atoms with E-state index in [9.17, 15) is 13.2 Å². The van der Waals surface area contributed by atoms with Crippen LogP contribution in [0.2, 0.25) is 0 Å². The van der Waals surface area contributed by atoms with Gasteiger partial charge in [-0.15, -0.1) is 0 Å². The summed E-state index contributed by atoms with van der Waals surface area (Å²) < 4.78 is 37.3. The normalized spacial score (nSPS) is 11.3. The standard InChI is InChI=1S/C22H18N2O5S/c23-14-18-4-1-2-5-19(18)16-29-22(25)12-9-17-7-10-21(11-8-17)30(26,27)24-15-20-6-3-13-28-20/h1-13,24H,15-16H2/b12-9+. The maximum absolute atomic E-state index is 12.3. The molecule has 0 amide bonds. The lowest BCUT2D eigenvalue weighted by Crippen LogP contribution is -2.22. The van der Waals surface area contributed by atoms with Crippen LogP contribution in [0.3, 0.4) is 0 Å². The summed E-state index contributed by atoms with van der Waals surface area (Å²) in [6, 6.07) is 18.3. The second kappa shape index (κ2) is 9.69. The SMILES string of the molecule is N#Cc1ccccc1COC(=O)/C=C/c1ccc(S(=O)(=O)NCc2ccco2)cc1. The molecule has 0 aliphatic rings. The summed E-state index contributed by atoms with van der Waals surface area (Å²) in [7, 11) is -3.68. The zero-order valence-corrected chi connectivity index (χ0v) is 16.6. The van der Waals surface area contributed by atoms with E-state index in [0.29, 0.717) is 22.5 Å². The van der Waals surface area contributed by atoms with Crippen molar-refractivity contribution in [1.82, 2.24) is 4.72 Å². The van der Waals surface area contributed by atoms with Crippen LogP contribution in [0.25, 0.3) is 6.08 Å². The number of nitrogens with zero attached hydrogens (tertiary/aromatic N) is 1. The van der Waals surface area contributed by atoms with Crippen molar-refractivity contribution in [2.75, 3.05) is 0 Å². The molecule has 3 rings (SSSR count). The Kier molecular flexibility index (Phi) is 6.80. The maximum Gasteiger partial charge on any atom is 0.331 e. The minimum absolute atomic E-state index is 0.00851. The van der Waals surface area contributed by atoms with E-state index in [4.69, 9.17) is 14.4 Å². The highest BCUT2D eigenvalue weighted by Crippen LogP contribution is 2.13.